The van der Waals surface area contributed by atoms with Gasteiger partial charge in [-0.15, -0.1) is 0 Å². The zero-order valence-corrected chi connectivity index (χ0v) is 7.07. The third kappa shape index (κ3) is 56.4. The van der Waals surface area contributed by atoms with Crippen molar-refractivity contribution in [3.63, 3.8) is 0 Å². The van der Waals surface area contributed by atoms with Crippen LogP contribution in [0, 0.1) is 0 Å². The lowest BCUT2D eigenvalue weighted by molar-refractivity contribution is -0.142. The van der Waals surface area contributed by atoms with E-state index in [1.54, 1.807) is 0 Å². The molecular formula is C7H11F5O. The van der Waals surface area contributed by atoms with Crippen molar-refractivity contribution < 1.29 is 26.7 Å². The van der Waals surface area contributed by atoms with E-state index in [1.807, 2.05) is 0 Å². The van der Waals surface area contributed by atoms with Gasteiger partial charge in [0, 0.05) is 0 Å². The Morgan fingerprint density at radius 2 is 1.38 bits per heavy atom. The maximum Gasteiger partial charge on any atom is 0.416 e. The van der Waals surface area contributed by atoms with Crippen LogP contribution >= 0.6 is 0 Å². The van der Waals surface area contributed by atoms with Crippen LogP contribution in [0.15, 0.2) is 25.7 Å². The Morgan fingerprint density at radius 3 is 1.38 bits per heavy atom. The van der Waals surface area contributed by atoms with Gasteiger partial charge < -0.3 is 4.74 Å². The normalized spacial score (nSPS) is 8.15. The molecule has 0 saturated heterocycles. The van der Waals surface area contributed by atoms with Crippen molar-refractivity contribution in [3.05, 3.63) is 25.7 Å². The maximum absolute atomic E-state index is 10.4. The Labute approximate surface area is 73.5 Å². The van der Waals surface area contributed by atoms with E-state index in [2.05, 4.69) is 17.9 Å². The number of halogens is 5. The van der Waals surface area contributed by atoms with Crippen molar-refractivity contribution in [1.82, 2.24) is 0 Å². The summed E-state index contributed by atoms with van der Waals surface area (Å²) in [5.41, 5.74) is 0. The maximum atomic E-state index is 10.4. The fourth-order valence-electron chi connectivity index (χ4n) is 0.0680. The molecule has 0 saturated carbocycles. The smallest absolute Gasteiger partial charge is 0.416 e. The molecule has 0 radical (unpaired) electrons. The van der Waals surface area contributed by atoms with Crippen molar-refractivity contribution >= 4 is 0 Å². The first kappa shape index (κ1) is 17.9. The summed E-state index contributed by atoms with van der Waals surface area (Å²) in [6.45, 7) is 4.28. The molecule has 0 rings (SSSR count). The van der Waals surface area contributed by atoms with E-state index < -0.39 is 12.9 Å². The Bertz CT molecular complexity index is 104. The van der Waals surface area contributed by atoms with Crippen LogP contribution in [0.1, 0.15) is 0 Å². The van der Waals surface area contributed by atoms with Crippen LogP contribution in [0.25, 0.3) is 0 Å². The van der Waals surface area contributed by atoms with E-state index in [-0.39, 0.29) is 0 Å². The molecule has 0 bridgehead atoms. The molecule has 1 nitrogen and oxygen atoms in total. The van der Waals surface area contributed by atoms with E-state index in [1.165, 1.54) is 12.5 Å². The molecule has 0 N–H and O–H groups in total. The van der Waals surface area contributed by atoms with Gasteiger partial charge in [-0.3, -0.25) is 4.39 Å². The van der Waals surface area contributed by atoms with Crippen LogP contribution in [-0.4, -0.2) is 20.0 Å². The summed E-state index contributed by atoms with van der Waals surface area (Å²) in [7, 11) is 0.500. The van der Waals surface area contributed by atoms with Gasteiger partial charge in [-0.2, -0.15) is 13.2 Å². The van der Waals surface area contributed by atoms with Crippen molar-refractivity contribution in [2.45, 2.75) is 6.18 Å². The summed E-state index contributed by atoms with van der Waals surface area (Å²) in [6, 6.07) is 0. The lowest BCUT2D eigenvalue weighted by Crippen LogP contribution is -2.08. The highest BCUT2D eigenvalue weighted by atomic mass is 19.4. The van der Waals surface area contributed by atoms with Crippen LogP contribution in [0.4, 0.5) is 22.0 Å². The first-order valence-corrected chi connectivity index (χ1v) is 2.85. The van der Waals surface area contributed by atoms with Crippen molar-refractivity contribution in [2.24, 2.45) is 0 Å². The van der Waals surface area contributed by atoms with E-state index >= 15 is 0 Å². The third-order valence-electron chi connectivity index (χ3n) is 0.344. The summed E-state index contributed by atoms with van der Waals surface area (Å²) in [5, 5.41) is 0. The summed E-state index contributed by atoms with van der Waals surface area (Å²) < 4.78 is 55.5. The molecule has 0 fully saturated rings. The molecule has 0 aliphatic heterocycles. The van der Waals surface area contributed by atoms with E-state index in [0.717, 1.165) is 0 Å². The Morgan fingerprint density at radius 1 is 1.15 bits per heavy atom. The van der Waals surface area contributed by atoms with Crippen LogP contribution in [0.5, 0.6) is 0 Å². The van der Waals surface area contributed by atoms with Crippen molar-refractivity contribution in [1.29, 1.82) is 0 Å². The predicted molar refractivity (Wildman–Crippen MR) is 40.5 cm³/mol. The average molecular weight is 206 g/mol. The molecule has 13 heavy (non-hydrogen) atoms. The molecule has 0 unspecified atom stereocenters. The summed E-state index contributed by atoms with van der Waals surface area (Å²) in [6.07, 6.45) is -2.00. The van der Waals surface area contributed by atoms with Gasteiger partial charge in [0.2, 0.25) is 0 Å². The Kier molecular flexibility index (Phi) is 18.6. The monoisotopic (exact) mass is 206 g/mol. The lowest BCUT2D eigenvalue weighted by Gasteiger charge is -1.93. The highest BCUT2D eigenvalue weighted by Gasteiger charge is 2.26. The van der Waals surface area contributed by atoms with E-state index in [4.69, 9.17) is 0 Å². The van der Waals surface area contributed by atoms with Crippen LogP contribution in [-0.2, 0) is 4.74 Å². The average Bonchev–Trinajstić information content (AvgIpc) is 2.09. The van der Waals surface area contributed by atoms with Gasteiger partial charge >= 0.3 is 6.18 Å². The topological polar surface area (TPSA) is 9.23 Å². The van der Waals surface area contributed by atoms with Crippen LogP contribution < -0.4 is 0 Å². The summed E-state index contributed by atoms with van der Waals surface area (Å²) in [4.78, 5) is 0. The number of hydrogen-bond acceptors (Lipinski definition) is 1. The van der Waals surface area contributed by atoms with Crippen molar-refractivity contribution in [3.8, 4) is 0 Å². The Balaban J connectivity index is -0.000000131. The predicted octanol–water partition coefficient (Wildman–Crippen LogP) is 3.39. The molecular weight excluding hydrogens is 195 g/mol. The van der Waals surface area contributed by atoms with E-state index in [9.17, 15) is 22.0 Å². The zero-order chi connectivity index (χ0) is 11.3. The largest absolute Gasteiger partial charge is 0.474 e. The second kappa shape index (κ2) is 13.5. The minimum Gasteiger partial charge on any atom is -0.474 e. The number of rotatable bonds is 2. The highest BCUT2D eigenvalue weighted by Crippen LogP contribution is 2.13. The zero-order valence-electron chi connectivity index (χ0n) is 7.07. The number of alkyl halides is 5. The standard InChI is InChI=1S/C4H6O.C2H2F4.CH3F/c1-3-5-4-2;3-1-2(4,5)6;1-2/h3-4H,1-2H2;1H2;1H3. The lowest BCUT2D eigenvalue weighted by atomic mass is 10.8. The van der Waals surface area contributed by atoms with Crippen molar-refractivity contribution in [2.75, 3.05) is 13.9 Å². The molecule has 0 aromatic rings. The summed E-state index contributed by atoms with van der Waals surface area (Å²) >= 11 is 0. The van der Waals surface area contributed by atoms with E-state index in [0.29, 0.717) is 7.18 Å². The molecule has 0 aliphatic rings. The first-order chi connectivity index (χ1) is 5.97. The number of ether oxygens (including phenoxy) is 1. The van der Waals surface area contributed by atoms with Gasteiger partial charge in [0.05, 0.1) is 19.7 Å². The molecule has 0 heterocycles. The first-order valence-electron chi connectivity index (χ1n) is 2.85. The second-order valence-corrected chi connectivity index (χ2v) is 1.22. The fourth-order valence-corrected chi connectivity index (χ4v) is 0.0680. The summed E-state index contributed by atoms with van der Waals surface area (Å²) in [5.74, 6) is 0. The fraction of sp³-hybridized carbons (Fsp3) is 0.429. The second-order valence-electron chi connectivity index (χ2n) is 1.22. The minimum absolute atomic E-state index is 0.500. The van der Waals surface area contributed by atoms with Gasteiger partial charge in [-0.25, -0.2) is 4.39 Å². The molecule has 80 valence electrons. The number of hydrogen-bond donors (Lipinski definition) is 0. The molecule has 0 amide bonds. The van der Waals surface area contributed by atoms with Gasteiger partial charge in [-0.05, 0) is 0 Å². The molecule has 0 atom stereocenters. The quantitative estimate of drug-likeness (QED) is 0.497. The minimum atomic E-state index is -4.62. The van der Waals surface area contributed by atoms with Gasteiger partial charge in [0.25, 0.3) is 0 Å². The SMILES string of the molecule is C=COC=C.CF.FCC(F)(F)F. The van der Waals surface area contributed by atoms with Crippen LogP contribution in [0.3, 0.4) is 0 Å². The molecule has 6 heteroatoms. The van der Waals surface area contributed by atoms with Gasteiger partial charge in [0.15, 0.2) is 6.67 Å². The molecule has 0 aromatic heterocycles. The van der Waals surface area contributed by atoms with Crippen LogP contribution in [0.2, 0.25) is 0 Å². The molecule has 0 aliphatic carbocycles. The molecule has 0 spiro atoms. The third-order valence-corrected chi connectivity index (χ3v) is 0.344. The molecule has 0 aromatic carbocycles. The highest BCUT2D eigenvalue weighted by molar-refractivity contribution is 4.57. The van der Waals surface area contributed by atoms with Gasteiger partial charge in [0.1, 0.15) is 0 Å². The van der Waals surface area contributed by atoms with Gasteiger partial charge in [-0.1, -0.05) is 13.2 Å². The Hall–Kier alpha value is -1.07.